The number of aliphatic carboxylic acids is 1. The molecule has 0 spiro atoms. The Morgan fingerprint density at radius 3 is 2.29 bits per heavy atom. The molecule has 3 rings (SSSR count). The summed E-state index contributed by atoms with van der Waals surface area (Å²) in [6.45, 7) is 6.01. The van der Waals surface area contributed by atoms with Gasteiger partial charge in [0.05, 0.1) is 0 Å². The van der Waals surface area contributed by atoms with Crippen LogP contribution in [-0.4, -0.2) is 57.5 Å². The number of hydrogen-bond acceptors (Lipinski definition) is 5. The van der Waals surface area contributed by atoms with Crippen LogP contribution in [0.3, 0.4) is 0 Å². The molecule has 1 aliphatic rings. The van der Waals surface area contributed by atoms with Gasteiger partial charge in [-0.25, -0.2) is 9.59 Å². The van der Waals surface area contributed by atoms with E-state index in [2.05, 4.69) is 5.32 Å². The Labute approximate surface area is 204 Å². The summed E-state index contributed by atoms with van der Waals surface area (Å²) in [5.41, 5.74) is 0.162. The molecule has 0 aromatic heterocycles. The molecular formula is C26H32N2O5S. The van der Waals surface area contributed by atoms with Crippen molar-refractivity contribution >= 4 is 29.7 Å². The van der Waals surface area contributed by atoms with E-state index >= 15 is 0 Å². The largest absolute Gasteiger partial charge is 0.480 e. The molecule has 1 fully saturated rings. The highest BCUT2D eigenvalue weighted by atomic mass is 32.2. The Hall–Kier alpha value is -3.00. The Balaban J connectivity index is 1.86. The molecule has 2 aromatic rings. The first-order chi connectivity index (χ1) is 16.1. The monoisotopic (exact) mass is 484 g/mol. The minimum atomic E-state index is -1.10. The van der Waals surface area contributed by atoms with E-state index in [9.17, 15) is 19.5 Å². The molecule has 0 radical (unpaired) electrons. The molecule has 0 saturated carbocycles. The zero-order valence-electron chi connectivity index (χ0n) is 19.8. The molecule has 8 heteroatoms. The number of nitrogens with zero attached hydrogens (tertiary/aromatic N) is 1. The van der Waals surface area contributed by atoms with Crippen molar-refractivity contribution < 1.29 is 24.2 Å². The number of hydrogen-bond donors (Lipinski definition) is 2. The van der Waals surface area contributed by atoms with Crippen LogP contribution in [0, 0.1) is 0 Å². The summed E-state index contributed by atoms with van der Waals surface area (Å²) in [6, 6.07) is 17.6. The number of carboxylic acids is 1. The van der Waals surface area contributed by atoms with Crippen LogP contribution in [0.25, 0.3) is 0 Å². The highest BCUT2D eigenvalue weighted by Crippen LogP contribution is 2.40. The van der Waals surface area contributed by atoms with Crippen LogP contribution >= 0.6 is 11.8 Å². The number of amides is 2. The van der Waals surface area contributed by atoms with Gasteiger partial charge in [-0.1, -0.05) is 48.5 Å². The van der Waals surface area contributed by atoms with E-state index < -0.39 is 34.4 Å². The van der Waals surface area contributed by atoms with Crippen LogP contribution in [0.1, 0.15) is 39.2 Å². The van der Waals surface area contributed by atoms with Gasteiger partial charge in [-0.2, -0.15) is 0 Å². The molecule has 1 saturated heterocycles. The number of likely N-dealkylation sites (tertiary alicyclic amines) is 1. The van der Waals surface area contributed by atoms with Gasteiger partial charge in [-0.15, -0.1) is 11.8 Å². The van der Waals surface area contributed by atoms with Crippen molar-refractivity contribution in [1.29, 1.82) is 0 Å². The van der Waals surface area contributed by atoms with Crippen molar-refractivity contribution in [2.24, 2.45) is 0 Å². The maximum absolute atomic E-state index is 13.7. The van der Waals surface area contributed by atoms with Crippen molar-refractivity contribution in [1.82, 2.24) is 10.2 Å². The van der Waals surface area contributed by atoms with Crippen molar-refractivity contribution in [3.8, 4) is 0 Å². The van der Waals surface area contributed by atoms with E-state index in [1.54, 1.807) is 25.7 Å². The van der Waals surface area contributed by atoms with Gasteiger partial charge in [0.15, 0.2) is 0 Å². The molecule has 2 aromatic carbocycles. The summed E-state index contributed by atoms with van der Waals surface area (Å²) in [5, 5.41) is 12.6. The summed E-state index contributed by atoms with van der Waals surface area (Å²) in [5.74, 6) is -1.49. The topological polar surface area (TPSA) is 95.9 Å². The summed E-state index contributed by atoms with van der Waals surface area (Å²) < 4.78 is 4.51. The highest BCUT2D eigenvalue weighted by Gasteiger charge is 2.46. The first kappa shape index (κ1) is 25.6. The molecule has 2 N–H and O–H groups in total. The molecule has 1 heterocycles. The van der Waals surface area contributed by atoms with Crippen LogP contribution in [0.15, 0.2) is 65.6 Å². The molecule has 0 aliphatic carbocycles. The Kier molecular flexibility index (Phi) is 8.25. The summed E-state index contributed by atoms with van der Waals surface area (Å²) >= 11 is 1.36. The van der Waals surface area contributed by atoms with Gasteiger partial charge in [0.25, 0.3) is 0 Å². The average molecular weight is 485 g/mol. The fourth-order valence-corrected chi connectivity index (χ4v) is 5.24. The second kappa shape index (κ2) is 11.0. The van der Waals surface area contributed by atoms with Crippen LogP contribution < -0.4 is 5.32 Å². The quantitative estimate of drug-likeness (QED) is 0.606. The number of thioether (sulfide) groups is 1. The minimum Gasteiger partial charge on any atom is -0.480 e. The molecule has 0 bridgehead atoms. The van der Waals surface area contributed by atoms with Gasteiger partial charge >= 0.3 is 12.1 Å². The lowest BCUT2D eigenvalue weighted by Crippen LogP contribution is -2.59. The highest BCUT2D eigenvalue weighted by molar-refractivity contribution is 8.01. The molecule has 34 heavy (non-hydrogen) atoms. The van der Waals surface area contributed by atoms with Crippen LogP contribution in [0.2, 0.25) is 0 Å². The van der Waals surface area contributed by atoms with Gasteiger partial charge in [0, 0.05) is 24.4 Å². The lowest BCUT2D eigenvalue weighted by Gasteiger charge is -2.41. The minimum absolute atomic E-state index is 0.130. The van der Waals surface area contributed by atoms with E-state index in [1.807, 2.05) is 60.7 Å². The second-order valence-electron chi connectivity index (χ2n) is 9.47. The van der Waals surface area contributed by atoms with Crippen molar-refractivity contribution in [2.75, 3.05) is 13.1 Å². The molecule has 2 amide bonds. The fourth-order valence-electron chi connectivity index (χ4n) is 3.87. The first-order valence-electron chi connectivity index (χ1n) is 11.4. The van der Waals surface area contributed by atoms with Crippen molar-refractivity contribution in [3.05, 3.63) is 66.2 Å². The molecule has 1 aliphatic heterocycles. The number of nitrogens with one attached hydrogen (secondary N) is 1. The Morgan fingerprint density at radius 1 is 1.09 bits per heavy atom. The second-order valence-corrected chi connectivity index (χ2v) is 10.9. The number of carbonyl (C=O) groups excluding carboxylic acids is 2. The van der Waals surface area contributed by atoms with Crippen molar-refractivity contribution in [2.45, 2.75) is 61.3 Å². The van der Waals surface area contributed by atoms with Crippen LogP contribution in [-0.2, 0) is 20.7 Å². The van der Waals surface area contributed by atoms with E-state index in [0.29, 0.717) is 19.4 Å². The zero-order valence-corrected chi connectivity index (χ0v) is 20.6. The predicted octanol–water partition coefficient (Wildman–Crippen LogP) is 4.36. The van der Waals surface area contributed by atoms with Gasteiger partial charge < -0.3 is 20.1 Å². The third kappa shape index (κ3) is 7.00. The lowest BCUT2D eigenvalue weighted by atomic mass is 9.95. The summed E-state index contributed by atoms with van der Waals surface area (Å²) in [7, 11) is 0. The number of ether oxygens (including phenoxy) is 1. The molecule has 2 atom stereocenters. The smallest absolute Gasteiger partial charge is 0.410 e. The zero-order chi connectivity index (χ0) is 24.8. The van der Waals surface area contributed by atoms with Gasteiger partial charge in [0.2, 0.25) is 5.91 Å². The summed E-state index contributed by atoms with van der Waals surface area (Å²) in [4.78, 5) is 41.0. The van der Waals surface area contributed by atoms with E-state index in [4.69, 9.17) is 4.74 Å². The van der Waals surface area contributed by atoms with Gasteiger partial charge in [-0.3, -0.25) is 4.79 Å². The Morgan fingerprint density at radius 2 is 1.71 bits per heavy atom. The predicted molar refractivity (Wildman–Crippen MR) is 132 cm³/mol. The number of rotatable bonds is 7. The number of benzene rings is 2. The van der Waals surface area contributed by atoms with Crippen LogP contribution in [0.5, 0.6) is 0 Å². The van der Waals surface area contributed by atoms with E-state index in [0.717, 1.165) is 10.5 Å². The molecule has 182 valence electrons. The first-order valence-corrected chi connectivity index (χ1v) is 12.2. The fraction of sp³-hybridized carbons (Fsp3) is 0.423. The third-order valence-corrected chi connectivity index (χ3v) is 6.88. The molecule has 7 nitrogen and oxygen atoms in total. The summed E-state index contributed by atoms with van der Waals surface area (Å²) in [6.07, 6.45) is 0.805. The Bertz CT molecular complexity index is 993. The SMILES string of the molecule is CC(C)(C)OC(=O)N1CCCC(Sc2ccccc2)(C(=O)N[C@@H](Cc2ccccc2)C(=O)O)C1. The average Bonchev–Trinajstić information content (AvgIpc) is 2.79. The normalized spacial score (nSPS) is 19.2. The van der Waals surface area contributed by atoms with Crippen molar-refractivity contribution in [3.63, 3.8) is 0 Å². The maximum Gasteiger partial charge on any atom is 0.410 e. The number of piperidine rings is 1. The lowest BCUT2D eigenvalue weighted by molar-refractivity contribution is -0.142. The van der Waals surface area contributed by atoms with Crippen LogP contribution in [0.4, 0.5) is 4.79 Å². The number of carbonyl (C=O) groups is 3. The van der Waals surface area contributed by atoms with E-state index in [1.165, 1.54) is 11.8 Å². The third-order valence-electron chi connectivity index (χ3n) is 5.46. The number of carboxylic acid groups (broad SMARTS) is 1. The van der Waals surface area contributed by atoms with E-state index in [-0.39, 0.29) is 13.0 Å². The van der Waals surface area contributed by atoms with Gasteiger partial charge in [-0.05, 0) is 51.3 Å². The van der Waals surface area contributed by atoms with Gasteiger partial charge in [0.1, 0.15) is 16.4 Å². The maximum atomic E-state index is 13.7. The standard InChI is InChI=1S/C26H32N2O5S/c1-25(2,3)33-24(32)28-16-10-15-26(18-28,34-20-13-8-5-9-14-20)23(31)27-21(22(29)30)17-19-11-6-4-7-12-19/h4-9,11-14,21H,10,15-18H2,1-3H3,(H,27,31)(H,29,30)/t21-,26?/m0/s1. The molecule has 1 unspecified atom stereocenters. The molecular weight excluding hydrogens is 452 g/mol.